The van der Waals surface area contributed by atoms with Gasteiger partial charge in [-0.2, -0.15) is 5.26 Å². The van der Waals surface area contributed by atoms with Gasteiger partial charge in [0, 0.05) is 19.0 Å². The fourth-order valence-electron chi connectivity index (χ4n) is 1.55. The molecule has 0 atom stereocenters. The first-order chi connectivity index (χ1) is 7.67. The smallest absolute Gasteiger partial charge is 0.413 e. The Balaban J connectivity index is 2.34. The van der Waals surface area contributed by atoms with Crippen molar-refractivity contribution in [3.63, 3.8) is 0 Å². The highest BCUT2D eigenvalue weighted by molar-refractivity contribution is 7.80. The molecule has 0 aliphatic carbocycles. The summed E-state index contributed by atoms with van der Waals surface area (Å²) in [7, 11) is 0. The van der Waals surface area contributed by atoms with E-state index in [1.165, 1.54) is 0 Å². The second-order valence-electron chi connectivity index (χ2n) is 3.54. The lowest BCUT2D eigenvalue weighted by Gasteiger charge is -2.30. The van der Waals surface area contributed by atoms with E-state index in [4.69, 9.17) is 22.2 Å². The normalized spacial score (nSPS) is 16.4. The van der Waals surface area contributed by atoms with Crippen molar-refractivity contribution in [3.8, 4) is 6.07 Å². The second-order valence-corrected chi connectivity index (χ2v) is 3.93. The van der Waals surface area contributed by atoms with Gasteiger partial charge in [0.15, 0.2) is 5.11 Å². The quantitative estimate of drug-likeness (QED) is 0.700. The number of alkyl carbamates (subject to hydrolysis) is 1. The van der Waals surface area contributed by atoms with Gasteiger partial charge in [-0.1, -0.05) is 0 Å². The maximum absolute atomic E-state index is 11.1. The number of rotatable bonds is 1. The molecule has 0 aromatic heterocycles. The molecule has 1 aliphatic rings. The van der Waals surface area contributed by atoms with Crippen molar-refractivity contribution in [1.29, 1.82) is 5.26 Å². The van der Waals surface area contributed by atoms with Gasteiger partial charge in [0.2, 0.25) is 0 Å². The molecule has 6 heteroatoms. The molecule has 1 rings (SSSR count). The molecule has 1 amide bonds. The molecule has 1 saturated heterocycles. The van der Waals surface area contributed by atoms with Crippen LogP contribution >= 0.6 is 12.2 Å². The third kappa shape index (κ3) is 3.66. The predicted molar refractivity (Wildman–Crippen MR) is 62.7 cm³/mol. The number of nitrogens with zero attached hydrogens (tertiary/aromatic N) is 2. The van der Waals surface area contributed by atoms with Crippen molar-refractivity contribution in [2.75, 3.05) is 19.7 Å². The molecule has 0 aromatic rings. The molecule has 1 aliphatic heterocycles. The van der Waals surface area contributed by atoms with E-state index in [2.05, 4.69) is 11.4 Å². The summed E-state index contributed by atoms with van der Waals surface area (Å²) in [6.45, 7) is 3.49. The van der Waals surface area contributed by atoms with E-state index in [-0.39, 0.29) is 5.92 Å². The van der Waals surface area contributed by atoms with Gasteiger partial charge in [-0.25, -0.2) is 4.79 Å². The van der Waals surface area contributed by atoms with E-state index in [1.54, 1.807) is 6.92 Å². The number of carbonyl (C=O) groups is 1. The highest BCUT2D eigenvalue weighted by atomic mass is 32.1. The first-order valence-electron chi connectivity index (χ1n) is 5.29. The number of hydrogen-bond donors (Lipinski definition) is 1. The zero-order valence-electron chi connectivity index (χ0n) is 9.23. The third-order valence-corrected chi connectivity index (χ3v) is 2.81. The van der Waals surface area contributed by atoms with Crippen molar-refractivity contribution in [1.82, 2.24) is 10.2 Å². The van der Waals surface area contributed by atoms with Gasteiger partial charge in [0.05, 0.1) is 12.7 Å². The molecule has 0 unspecified atom stereocenters. The summed E-state index contributed by atoms with van der Waals surface area (Å²) in [5, 5.41) is 11.6. The van der Waals surface area contributed by atoms with Crippen molar-refractivity contribution >= 4 is 23.4 Å². The minimum Gasteiger partial charge on any atom is -0.450 e. The van der Waals surface area contributed by atoms with E-state index in [9.17, 15) is 4.79 Å². The van der Waals surface area contributed by atoms with Crippen LogP contribution in [-0.4, -0.2) is 35.8 Å². The van der Waals surface area contributed by atoms with Gasteiger partial charge in [0.1, 0.15) is 0 Å². The molecule has 1 heterocycles. The predicted octanol–water partition coefficient (Wildman–Crippen LogP) is 1.25. The van der Waals surface area contributed by atoms with Crippen LogP contribution in [0.2, 0.25) is 0 Å². The van der Waals surface area contributed by atoms with Gasteiger partial charge in [-0.05, 0) is 32.0 Å². The fourth-order valence-corrected chi connectivity index (χ4v) is 1.81. The Morgan fingerprint density at radius 1 is 1.62 bits per heavy atom. The Labute approximate surface area is 100 Å². The molecule has 16 heavy (non-hydrogen) atoms. The van der Waals surface area contributed by atoms with Gasteiger partial charge in [0.25, 0.3) is 0 Å². The van der Waals surface area contributed by atoms with Crippen LogP contribution < -0.4 is 5.32 Å². The topological polar surface area (TPSA) is 65.4 Å². The lowest BCUT2D eigenvalue weighted by molar-refractivity contribution is 0.156. The molecule has 88 valence electrons. The average Bonchev–Trinajstić information content (AvgIpc) is 2.29. The first kappa shape index (κ1) is 12.7. The van der Waals surface area contributed by atoms with Gasteiger partial charge in [-0.15, -0.1) is 0 Å². The minimum atomic E-state index is -0.519. The van der Waals surface area contributed by atoms with Gasteiger partial charge in [-0.3, -0.25) is 5.32 Å². The Hall–Kier alpha value is -1.35. The number of hydrogen-bond acceptors (Lipinski definition) is 4. The monoisotopic (exact) mass is 241 g/mol. The number of thiocarbonyl (C=S) groups is 1. The van der Waals surface area contributed by atoms with Crippen LogP contribution in [0.4, 0.5) is 4.79 Å². The Kier molecular flexibility index (Phi) is 4.99. The number of carbonyl (C=O) groups excluding carboxylic acids is 1. The van der Waals surface area contributed by atoms with Crippen LogP contribution in [0, 0.1) is 17.2 Å². The maximum Gasteiger partial charge on any atom is 0.413 e. The zero-order chi connectivity index (χ0) is 12.0. The number of ether oxygens (including phenoxy) is 1. The number of piperidine rings is 1. The molecule has 1 fully saturated rings. The van der Waals surface area contributed by atoms with E-state index >= 15 is 0 Å². The van der Waals surface area contributed by atoms with E-state index < -0.39 is 6.09 Å². The van der Waals surface area contributed by atoms with Crippen molar-refractivity contribution in [2.24, 2.45) is 5.92 Å². The molecular weight excluding hydrogens is 226 g/mol. The third-order valence-electron chi connectivity index (χ3n) is 2.45. The van der Waals surface area contributed by atoms with E-state index in [0.717, 1.165) is 12.8 Å². The molecule has 5 nitrogen and oxygen atoms in total. The summed E-state index contributed by atoms with van der Waals surface area (Å²) in [5.41, 5.74) is 0. The summed E-state index contributed by atoms with van der Waals surface area (Å²) < 4.78 is 4.73. The largest absolute Gasteiger partial charge is 0.450 e. The van der Waals surface area contributed by atoms with Crippen LogP contribution in [0.5, 0.6) is 0 Å². The summed E-state index contributed by atoms with van der Waals surface area (Å²) in [4.78, 5) is 13.0. The Morgan fingerprint density at radius 2 is 2.25 bits per heavy atom. The van der Waals surface area contributed by atoms with Gasteiger partial charge >= 0.3 is 6.09 Å². The molecule has 0 saturated carbocycles. The highest BCUT2D eigenvalue weighted by Gasteiger charge is 2.21. The summed E-state index contributed by atoms with van der Waals surface area (Å²) >= 11 is 5.07. The van der Waals surface area contributed by atoms with Crippen molar-refractivity contribution in [3.05, 3.63) is 0 Å². The summed E-state index contributed by atoms with van der Waals surface area (Å²) in [6.07, 6.45) is 1.07. The Morgan fingerprint density at radius 3 is 2.75 bits per heavy atom. The fraction of sp³-hybridized carbons (Fsp3) is 0.700. The van der Waals surface area contributed by atoms with Crippen LogP contribution in [0.15, 0.2) is 0 Å². The molecular formula is C10H15N3O2S. The maximum atomic E-state index is 11.1. The number of nitriles is 1. The molecule has 0 bridgehead atoms. The molecule has 0 radical (unpaired) electrons. The van der Waals surface area contributed by atoms with Crippen molar-refractivity contribution in [2.45, 2.75) is 19.8 Å². The van der Waals surface area contributed by atoms with Crippen molar-refractivity contribution < 1.29 is 9.53 Å². The lowest BCUT2D eigenvalue weighted by atomic mass is 9.99. The zero-order valence-corrected chi connectivity index (χ0v) is 10.0. The summed E-state index contributed by atoms with van der Waals surface area (Å²) in [5.74, 6) is 0.113. The van der Waals surface area contributed by atoms with Crippen LogP contribution in [0.25, 0.3) is 0 Å². The lowest BCUT2D eigenvalue weighted by Crippen LogP contribution is -2.46. The minimum absolute atomic E-state index is 0.113. The standard InChI is InChI=1S/C10H15N3O2S/c1-2-15-10(14)12-9(16)13-5-3-8(7-11)4-6-13/h8H,2-6H2,1H3,(H,12,14,16). The average molecular weight is 241 g/mol. The van der Waals surface area contributed by atoms with E-state index in [1.807, 2.05) is 4.90 Å². The molecule has 0 spiro atoms. The summed E-state index contributed by atoms with van der Waals surface area (Å²) in [6, 6.07) is 2.24. The van der Waals surface area contributed by atoms with Gasteiger partial charge < -0.3 is 9.64 Å². The molecule has 0 aromatic carbocycles. The van der Waals surface area contributed by atoms with E-state index in [0.29, 0.717) is 24.8 Å². The first-order valence-corrected chi connectivity index (χ1v) is 5.70. The Bertz CT molecular complexity index is 306. The van der Waals surface area contributed by atoms with Crippen LogP contribution in [0.1, 0.15) is 19.8 Å². The second kappa shape index (κ2) is 6.28. The number of nitrogens with one attached hydrogen (secondary N) is 1. The molecule has 1 N–H and O–H groups in total. The number of amides is 1. The highest BCUT2D eigenvalue weighted by Crippen LogP contribution is 2.15. The van der Waals surface area contributed by atoms with Crippen LogP contribution in [-0.2, 0) is 4.74 Å². The number of likely N-dealkylation sites (tertiary alicyclic amines) is 1. The van der Waals surface area contributed by atoms with Crippen LogP contribution in [0.3, 0.4) is 0 Å². The SMILES string of the molecule is CCOC(=O)NC(=S)N1CCC(C#N)CC1.